The van der Waals surface area contributed by atoms with Crippen LogP contribution < -0.4 is 9.47 Å². The van der Waals surface area contributed by atoms with Crippen molar-refractivity contribution in [3.8, 4) is 11.5 Å². The van der Waals surface area contributed by atoms with Crippen LogP contribution in [0.3, 0.4) is 0 Å². The number of para-hydroxylation sites is 2. The van der Waals surface area contributed by atoms with Crippen LogP contribution in [0.2, 0.25) is 0 Å². The molecule has 1 saturated heterocycles. The van der Waals surface area contributed by atoms with Gasteiger partial charge in [0.05, 0.1) is 18.1 Å². The van der Waals surface area contributed by atoms with Gasteiger partial charge in [-0.15, -0.1) is 0 Å². The van der Waals surface area contributed by atoms with Crippen LogP contribution >= 0.6 is 24.0 Å². The molecule has 0 aromatic heterocycles. The number of nitrogens with zero attached hydrogens (tertiary/aromatic N) is 1. The predicted octanol–water partition coefficient (Wildman–Crippen LogP) is 3.99. The SMILES string of the molecule is CN1C(=O)C(=Cc2ccccc2OCCOCCOc2ccccc2)SC1=S. The molecule has 5 nitrogen and oxygen atoms in total. The molecule has 3 rings (SSSR count). The van der Waals surface area contributed by atoms with Gasteiger partial charge in [-0.3, -0.25) is 9.69 Å². The van der Waals surface area contributed by atoms with Crippen LogP contribution in [0.25, 0.3) is 6.08 Å². The van der Waals surface area contributed by atoms with E-state index in [1.165, 1.54) is 16.7 Å². The fourth-order valence-corrected chi connectivity index (χ4v) is 3.64. The van der Waals surface area contributed by atoms with E-state index in [0.717, 1.165) is 11.3 Å². The van der Waals surface area contributed by atoms with E-state index in [1.807, 2.05) is 60.7 Å². The molecule has 0 radical (unpaired) electrons. The summed E-state index contributed by atoms with van der Waals surface area (Å²) in [4.78, 5) is 14.2. The Labute approximate surface area is 174 Å². The second kappa shape index (κ2) is 10.3. The number of thiocarbonyl (C=S) groups is 1. The van der Waals surface area contributed by atoms with Gasteiger partial charge < -0.3 is 14.2 Å². The molecule has 1 heterocycles. The third kappa shape index (κ3) is 5.58. The van der Waals surface area contributed by atoms with Crippen LogP contribution in [0.5, 0.6) is 11.5 Å². The lowest BCUT2D eigenvalue weighted by atomic mass is 10.2. The number of amides is 1. The molecule has 0 unspecified atom stereocenters. The van der Waals surface area contributed by atoms with E-state index < -0.39 is 0 Å². The number of hydrogen-bond acceptors (Lipinski definition) is 6. The highest BCUT2D eigenvalue weighted by atomic mass is 32.2. The maximum absolute atomic E-state index is 12.2. The maximum Gasteiger partial charge on any atom is 0.265 e. The molecule has 1 fully saturated rings. The normalized spacial score (nSPS) is 15.3. The van der Waals surface area contributed by atoms with Crippen molar-refractivity contribution < 1.29 is 19.0 Å². The molecule has 1 amide bonds. The summed E-state index contributed by atoms with van der Waals surface area (Å²) in [5, 5.41) is 0. The smallest absolute Gasteiger partial charge is 0.265 e. The van der Waals surface area contributed by atoms with Gasteiger partial charge in [0.15, 0.2) is 0 Å². The number of rotatable bonds is 9. The highest BCUT2D eigenvalue weighted by Gasteiger charge is 2.28. The molecule has 1 aliphatic heterocycles. The lowest BCUT2D eigenvalue weighted by molar-refractivity contribution is -0.121. The molecule has 0 N–H and O–H groups in total. The number of carbonyl (C=O) groups is 1. The minimum atomic E-state index is -0.0912. The van der Waals surface area contributed by atoms with Gasteiger partial charge in [0, 0.05) is 12.6 Å². The van der Waals surface area contributed by atoms with Crippen LogP contribution in [0.4, 0.5) is 0 Å². The molecule has 2 aromatic rings. The first kappa shape index (κ1) is 20.4. The number of benzene rings is 2. The molecular formula is C21H21NO4S2. The Kier molecular flexibility index (Phi) is 7.47. The van der Waals surface area contributed by atoms with Gasteiger partial charge in [0.1, 0.15) is 29.0 Å². The third-order valence-electron chi connectivity index (χ3n) is 3.92. The van der Waals surface area contributed by atoms with Crippen molar-refractivity contribution in [1.29, 1.82) is 0 Å². The average molecular weight is 416 g/mol. The van der Waals surface area contributed by atoms with Crippen molar-refractivity contribution >= 4 is 40.3 Å². The standard InChI is InChI=1S/C21H21NO4S2/c1-22-20(23)19(28-21(22)27)15-16-7-5-6-10-18(16)26-14-12-24-11-13-25-17-8-3-2-4-9-17/h2-10,15H,11-14H2,1H3. The number of thioether (sulfide) groups is 1. The first-order chi connectivity index (χ1) is 13.6. The molecule has 7 heteroatoms. The fraction of sp³-hybridized carbons (Fsp3) is 0.238. The third-order valence-corrected chi connectivity index (χ3v) is 5.40. The van der Waals surface area contributed by atoms with Crippen molar-refractivity contribution in [2.45, 2.75) is 0 Å². The molecule has 0 bridgehead atoms. The van der Waals surface area contributed by atoms with Crippen LogP contribution in [0.1, 0.15) is 5.56 Å². The molecule has 0 aliphatic carbocycles. The van der Waals surface area contributed by atoms with Gasteiger partial charge in [0.25, 0.3) is 5.91 Å². The molecule has 0 spiro atoms. The van der Waals surface area contributed by atoms with E-state index in [9.17, 15) is 4.79 Å². The largest absolute Gasteiger partial charge is 0.491 e. The van der Waals surface area contributed by atoms with Gasteiger partial charge in [-0.25, -0.2) is 0 Å². The van der Waals surface area contributed by atoms with Crippen molar-refractivity contribution in [2.75, 3.05) is 33.5 Å². The quantitative estimate of drug-likeness (QED) is 0.351. The summed E-state index contributed by atoms with van der Waals surface area (Å²) in [5.41, 5.74) is 0.837. The number of hydrogen-bond donors (Lipinski definition) is 0. The zero-order valence-corrected chi connectivity index (χ0v) is 17.1. The van der Waals surface area contributed by atoms with Gasteiger partial charge in [0.2, 0.25) is 0 Å². The topological polar surface area (TPSA) is 48.0 Å². The Morgan fingerprint density at radius 1 is 0.964 bits per heavy atom. The molecule has 146 valence electrons. The van der Waals surface area contributed by atoms with E-state index in [2.05, 4.69) is 0 Å². The first-order valence-electron chi connectivity index (χ1n) is 8.84. The van der Waals surface area contributed by atoms with Gasteiger partial charge in [-0.1, -0.05) is 60.4 Å². The molecule has 2 aromatic carbocycles. The second-order valence-electron chi connectivity index (χ2n) is 5.90. The number of ether oxygens (including phenoxy) is 3. The fourth-order valence-electron chi connectivity index (χ4n) is 2.47. The maximum atomic E-state index is 12.2. The van der Waals surface area contributed by atoms with E-state index >= 15 is 0 Å². The van der Waals surface area contributed by atoms with E-state index in [1.54, 1.807) is 7.05 Å². The van der Waals surface area contributed by atoms with E-state index in [4.69, 9.17) is 26.4 Å². The van der Waals surface area contributed by atoms with Crippen LogP contribution in [0, 0.1) is 0 Å². The zero-order chi connectivity index (χ0) is 19.8. The first-order valence-corrected chi connectivity index (χ1v) is 10.1. The van der Waals surface area contributed by atoms with Gasteiger partial charge >= 0.3 is 0 Å². The lowest BCUT2D eigenvalue weighted by Gasteiger charge is -2.10. The molecule has 1 aliphatic rings. The highest BCUT2D eigenvalue weighted by molar-refractivity contribution is 8.26. The number of carbonyl (C=O) groups excluding carboxylic acids is 1. The summed E-state index contributed by atoms with van der Waals surface area (Å²) in [6.45, 7) is 1.83. The summed E-state index contributed by atoms with van der Waals surface area (Å²) in [7, 11) is 1.68. The van der Waals surface area contributed by atoms with Crippen LogP contribution in [0.15, 0.2) is 59.5 Å². The van der Waals surface area contributed by atoms with Gasteiger partial charge in [-0.2, -0.15) is 0 Å². The summed E-state index contributed by atoms with van der Waals surface area (Å²) in [5.74, 6) is 1.44. The summed E-state index contributed by atoms with van der Waals surface area (Å²) >= 11 is 6.46. The Morgan fingerprint density at radius 3 is 2.36 bits per heavy atom. The zero-order valence-electron chi connectivity index (χ0n) is 15.5. The Hall–Kier alpha value is -2.35. The molecule has 28 heavy (non-hydrogen) atoms. The predicted molar refractivity (Wildman–Crippen MR) is 116 cm³/mol. The molecular weight excluding hydrogens is 394 g/mol. The Morgan fingerprint density at radius 2 is 1.64 bits per heavy atom. The summed E-state index contributed by atoms with van der Waals surface area (Å²) in [6.07, 6.45) is 1.81. The van der Waals surface area contributed by atoms with E-state index in [-0.39, 0.29) is 5.91 Å². The lowest BCUT2D eigenvalue weighted by Crippen LogP contribution is -2.22. The van der Waals surface area contributed by atoms with Gasteiger partial charge in [-0.05, 0) is 24.3 Å². The highest BCUT2D eigenvalue weighted by Crippen LogP contribution is 2.33. The Bertz CT molecular complexity index is 854. The van der Waals surface area contributed by atoms with E-state index in [0.29, 0.717) is 41.4 Å². The van der Waals surface area contributed by atoms with Crippen LogP contribution in [-0.4, -0.2) is 48.6 Å². The monoisotopic (exact) mass is 415 g/mol. The van der Waals surface area contributed by atoms with Crippen molar-refractivity contribution in [1.82, 2.24) is 4.90 Å². The summed E-state index contributed by atoms with van der Waals surface area (Å²) in [6, 6.07) is 17.2. The minimum absolute atomic E-state index is 0.0912. The van der Waals surface area contributed by atoms with Crippen molar-refractivity contribution in [3.05, 3.63) is 65.1 Å². The summed E-state index contributed by atoms with van der Waals surface area (Å²) < 4.78 is 17.5. The average Bonchev–Trinajstić information content (AvgIpc) is 2.96. The minimum Gasteiger partial charge on any atom is -0.491 e. The molecule has 0 saturated carbocycles. The Balaban J connectivity index is 1.44. The second-order valence-corrected chi connectivity index (χ2v) is 7.58. The number of likely N-dealkylation sites (N-methyl/N-ethyl adjacent to an activating group) is 1. The van der Waals surface area contributed by atoms with Crippen molar-refractivity contribution in [3.63, 3.8) is 0 Å². The molecule has 0 atom stereocenters. The van der Waals surface area contributed by atoms with Crippen molar-refractivity contribution in [2.24, 2.45) is 0 Å². The van der Waals surface area contributed by atoms with Crippen LogP contribution in [-0.2, 0) is 9.53 Å².